The maximum absolute atomic E-state index is 3.50. The molecule has 6 rings (SSSR count). The SMILES string of the molecule is CC(C)C1=[C-]C(C(C)C)C=C1.CCc1ccc2c(c1)[cH-]c1cc(CC)ccc12.[Zr+2]=[C](c1ccccc1)c1ccccc1. The van der Waals surface area contributed by atoms with Crippen LogP contribution in [0, 0.1) is 23.8 Å². The van der Waals surface area contributed by atoms with Gasteiger partial charge in [-0.25, -0.2) is 11.6 Å². The summed E-state index contributed by atoms with van der Waals surface area (Å²) < 4.78 is 1.42. The van der Waals surface area contributed by atoms with Crippen molar-refractivity contribution in [1.82, 2.24) is 0 Å². The number of rotatable bonds is 6. The standard InChI is InChI=1S/C17H17.C13H10.C11H17.Zr/c1-3-12-5-7-16-14(9-12)11-15-10-13(4-2)6-8-17(15)16;1-3-7-12(8-4-1)11-13-9-5-2-6-10-13;1-8(2)10-5-6-11(7-10)9(3)4;/h5-11H,3-4H2,1-2H3;1-10H;5-6,8-10H,1-4H3;/q-1;;-1;+2. The number of allylic oxidation sites excluding steroid dienone is 4. The minimum absolute atomic E-state index is 0.562. The van der Waals surface area contributed by atoms with E-state index in [2.05, 4.69) is 163 Å². The van der Waals surface area contributed by atoms with Crippen molar-refractivity contribution in [1.29, 1.82) is 0 Å². The first-order valence-corrected chi connectivity index (χ1v) is 16.7. The van der Waals surface area contributed by atoms with E-state index in [1.165, 1.54) is 76.8 Å². The van der Waals surface area contributed by atoms with Gasteiger partial charge < -0.3 is 0 Å². The predicted octanol–water partition coefficient (Wildman–Crippen LogP) is 10.9. The van der Waals surface area contributed by atoms with E-state index in [0.29, 0.717) is 17.8 Å². The Kier molecular flexibility index (Phi) is 11.7. The van der Waals surface area contributed by atoms with E-state index >= 15 is 0 Å². The fourth-order valence-electron chi connectivity index (χ4n) is 5.18. The molecule has 212 valence electrons. The van der Waals surface area contributed by atoms with Crippen molar-refractivity contribution in [3.8, 4) is 0 Å². The first kappa shape index (κ1) is 31.9. The van der Waals surface area contributed by atoms with Gasteiger partial charge in [0.1, 0.15) is 0 Å². The Balaban J connectivity index is 0.000000149. The van der Waals surface area contributed by atoms with Crippen LogP contribution in [0.1, 0.15) is 63.8 Å². The molecule has 0 aliphatic heterocycles. The molecule has 0 N–H and O–H groups in total. The molecule has 1 atom stereocenters. The van der Waals surface area contributed by atoms with Crippen LogP contribution in [0.4, 0.5) is 0 Å². The van der Waals surface area contributed by atoms with Gasteiger partial charge in [-0.1, -0.05) is 94.7 Å². The Morgan fingerprint density at radius 2 is 1.19 bits per heavy atom. The maximum atomic E-state index is 3.50. The minimum atomic E-state index is 0.562. The van der Waals surface area contributed by atoms with E-state index in [0.717, 1.165) is 12.8 Å². The zero-order valence-corrected chi connectivity index (χ0v) is 28.6. The Morgan fingerprint density at radius 1 is 0.714 bits per heavy atom. The van der Waals surface area contributed by atoms with Gasteiger partial charge >= 0.3 is 99.2 Å². The molecular weight excluding hydrogens is 584 g/mol. The molecule has 1 heteroatoms. The average Bonchev–Trinajstić information content (AvgIpc) is 3.67. The molecule has 0 bridgehead atoms. The van der Waals surface area contributed by atoms with Crippen molar-refractivity contribution in [3.63, 3.8) is 0 Å². The Labute approximate surface area is 268 Å². The van der Waals surface area contributed by atoms with Crippen molar-refractivity contribution in [2.24, 2.45) is 17.8 Å². The molecule has 1 unspecified atom stereocenters. The zero-order chi connectivity index (χ0) is 30.1. The number of hydrogen-bond donors (Lipinski definition) is 0. The quantitative estimate of drug-likeness (QED) is 0.164. The summed E-state index contributed by atoms with van der Waals surface area (Å²) in [7, 11) is 0. The fourth-order valence-corrected chi connectivity index (χ4v) is 6.00. The Morgan fingerprint density at radius 3 is 1.55 bits per heavy atom. The van der Waals surface area contributed by atoms with E-state index in [-0.39, 0.29) is 0 Å². The van der Waals surface area contributed by atoms with Crippen LogP contribution in [0.25, 0.3) is 21.5 Å². The summed E-state index contributed by atoms with van der Waals surface area (Å²) in [6.07, 6.45) is 10.2. The molecule has 5 aromatic rings. The Bertz CT molecular complexity index is 1550. The van der Waals surface area contributed by atoms with Gasteiger partial charge in [-0.3, -0.25) is 6.08 Å². The molecule has 0 amide bonds. The Hall–Kier alpha value is -3.02. The van der Waals surface area contributed by atoms with Crippen molar-refractivity contribution < 1.29 is 24.2 Å². The topological polar surface area (TPSA) is 0 Å². The molecule has 42 heavy (non-hydrogen) atoms. The number of hydrogen-bond acceptors (Lipinski definition) is 0. The summed E-state index contributed by atoms with van der Waals surface area (Å²) in [4.78, 5) is 0. The second-order valence-corrected chi connectivity index (χ2v) is 12.9. The van der Waals surface area contributed by atoms with E-state index in [1.807, 2.05) is 0 Å². The molecule has 0 aromatic heterocycles. The van der Waals surface area contributed by atoms with E-state index < -0.39 is 0 Å². The number of fused-ring (bicyclic) bond motifs is 3. The summed E-state index contributed by atoms with van der Waals surface area (Å²) in [5.41, 5.74) is 6.88. The van der Waals surface area contributed by atoms with E-state index in [9.17, 15) is 0 Å². The monoisotopic (exact) mass is 626 g/mol. The van der Waals surface area contributed by atoms with Gasteiger partial charge in [0.05, 0.1) is 0 Å². The molecular formula is C41H44Zr. The summed E-state index contributed by atoms with van der Waals surface area (Å²) in [6, 6.07) is 37.1. The first-order chi connectivity index (χ1) is 20.3. The third kappa shape index (κ3) is 8.29. The summed E-state index contributed by atoms with van der Waals surface area (Å²) in [5.74, 6) is 1.89. The molecule has 0 fully saturated rings. The van der Waals surface area contributed by atoms with Crippen LogP contribution in [0.15, 0.2) is 121 Å². The zero-order valence-electron chi connectivity index (χ0n) is 26.1. The van der Waals surface area contributed by atoms with Gasteiger partial charge in [-0.2, -0.15) is 6.08 Å². The van der Waals surface area contributed by atoms with Gasteiger partial charge in [0, 0.05) is 0 Å². The summed E-state index contributed by atoms with van der Waals surface area (Å²) in [5, 5.41) is 5.54. The van der Waals surface area contributed by atoms with Crippen LogP contribution in [0.2, 0.25) is 0 Å². The van der Waals surface area contributed by atoms with Crippen molar-refractivity contribution in [3.05, 3.63) is 149 Å². The van der Waals surface area contributed by atoms with E-state index in [4.69, 9.17) is 0 Å². The number of aryl methyl sites for hydroxylation is 2. The summed E-state index contributed by atoms with van der Waals surface area (Å²) in [6.45, 7) is 13.3. The third-order valence-corrected chi connectivity index (χ3v) is 9.35. The second kappa shape index (κ2) is 15.5. The summed E-state index contributed by atoms with van der Waals surface area (Å²) >= 11 is 1.46. The van der Waals surface area contributed by atoms with Crippen LogP contribution in [-0.2, 0) is 37.1 Å². The van der Waals surface area contributed by atoms with Gasteiger partial charge in [-0.15, -0.1) is 39.7 Å². The molecule has 0 nitrogen and oxygen atoms in total. The molecule has 0 spiro atoms. The molecule has 0 radical (unpaired) electrons. The normalized spacial score (nSPS) is 14.0. The van der Waals surface area contributed by atoms with Crippen molar-refractivity contribution >= 4 is 24.8 Å². The van der Waals surface area contributed by atoms with Crippen LogP contribution >= 0.6 is 0 Å². The van der Waals surface area contributed by atoms with Gasteiger partial charge in [0.15, 0.2) is 0 Å². The number of benzene rings is 4. The molecule has 0 saturated carbocycles. The van der Waals surface area contributed by atoms with Crippen LogP contribution in [0.3, 0.4) is 0 Å². The first-order valence-electron chi connectivity index (χ1n) is 15.4. The van der Waals surface area contributed by atoms with Crippen LogP contribution in [-0.4, -0.2) is 3.21 Å². The predicted molar refractivity (Wildman–Crippen MR) is 181 cm³/mol. The average molecular weight is 628 g/mol. The van der Waals surface area contributed by atoms with Crippen molar-refractivity contribution in [2.45, 2.75) is 54.4 Å². The second-order valence-electron chi connectivity index (χ2n) is 11.7. The molecule has 1 aliphatic rings. The van der Waals surface area contributed by atoms with Crippen LogP contribution < -0.4 is 0 Å². The van der Waals surface area contributed by atoms with Crippen molar-refractivity contribution in [2.75, 3.05) is 0 Å². The van der Waals surface area contributed by atoms with Gasteiger partial charge in [0.2, 0.25) is 0 Å². The van der Waals surface area contributed by atoms with Gasteiger partial charge in [0.25, 0.3) is 0 Å². The third-order valence-electron chi connectivity index (χ3n) is 7.93. The fraction of sp³-hybridized carbons (Fsp3) is 0.268. The molecule has 0 saturated heterocycles. The van der Waals surface area contributed by atoms with Crippen LogP contribution in [0.5, 0.6) is 0 Å². The molecule has 0 heterocycles. The molecule has 1 aliphatic carbocycles. The van der Waals surface area contributed by atoms with Gasteiger partial charge in [-0.05, 0) is 12.8 Å². The molecule has 5 aromatic carbocycles. The van der Waals surface area contributed by atoms with E-state index in [1.54, 1.807) is 0 Å².